The van der Waals surface area contributed by atoms with Crippen LogP contribution in [0.3, 0.4) is 0 Å². The number of amides is 1. The molecule has 0 saturated carbocycles. The second-order valence-electron chi connectivity index (χ2n) is 4.98. The fraction of sp³-hybridized carbons (Fsp3) is 0.562. The molecule has 5 heteroatoms. The molecule has 1 atom stereocenters. The number of hydrogen-bond donors (Lipinski definition) is 3. The highest BCUT2D eigenvalue weighted by atomic mass is 16.3. The van der Waals surface area contributed by atoms with Crippen molar-refractivity contribution in [1.82, 2.24) is 10.2 Å². The molecule has 0 radical (unpaired) electrons. The number of benzene rings is 1. The number of nitrogens with zero attached hydrogens (tertiary/aromatic N) is 1. The molecular formula is C16H26N2O3. The molecule has 0 spiro atoms. The average Bonchev–Trinajstić information content (AvgIpc) is 2.48. The Morgan fingerprint density at radius 2 is 1.81 bits per heavy atom. The van der Waals surface area contributed by atoms with Crippen molar-refractivity contribution in [1.29, 1.82) is 0 Å². The van der Waals surface area contributed by atoms with Gasteiger partial charge in [-0.2, -0.15) is 0 Å². The predicted molar refractivity (Wildman–Crippen MR) is 83.0 cm³/mol. The fourth-order valence-electron chi connectivity index (χ4n) is 2.35. The van der Waals surface area contributed by atoms with E-state index in [1.165, 1.54) is 10.5 Å². The molecule has 1 rings (SSSR count). The SMILES string of the molecule is CCNC(CC(=O)N(CCO)CCO)Cc1ccccc1. The molecule has 0 saturated heterocycles. The van der Waals surface area contributed by atoms with Gasteiger partial charge in [-0.1, -0.05) is 37.3 Å². The first-order chi connectivity index (χ1) is 10.2. The van der Waals surface area contributed by atoms with E-state index in [1.54, 1.807) is 0 Å². The number of aliphatic hydroxyl groups excluding tert-OH is 2. The number of hydrogen-bond acceptors (Lipinski definition) is 4. The molecule has 0 heterocycles. The fourth-order valence-corrected chi connectivity index (χ4v) is 2.35. The molecule has 0 aliphatic rings. The third-order valence-electron chi connectivity index (χ3n) is 3.33. The van der Waals surface area contributed by atoms with Crippen molar-refractivity contribution in [2.75, 3.05) is 32.8 Å². The maximum absolute atomic E-state index is 12.3. The molecule has 0 fully saturated rings. The summed E-state index contributed by atoms with van der Waals surface area (Å²) < 4.78 is 0. The van der Waals surface area contributed by atoms with Gasteiger partial charge in [-0.05, 0) is 18.5 Å². The van der Waals surface area contributed by atoms with E-state index in [4.69, 9.17) is 10.2 Å². The minimum Gasteiger partial charge on any atom is -0.395 e. The van der Waals surface area contributed by atoms with Crippen LogP contribution in [0.2, 0.25) is 0 Å². The van der Waals surface area contributed by atoms with Crippen molar-refractivity contribution in [3.05, 3.63) is 35.9 Å². The quantitative estimate of drug-likeness (QED) is 0.584. The minimum absolute atomic E-state index is 0.0417. The lowest BCUT2D eigenvalue weighted by Crippen LogP contribution is -2.41. The molecule has 1 aromatic carbocycles. The average molecular weight is 294 g/mol. The van der Waals surface area contributed by atoms with Gasteiger partial charge in [0.2, 0.25) is 5.91 Å². The molecule has 1 amide bonds. The monoisotopic (exact) mass is 294 g/mol. The summed E-state index contributed by atoms with van der Waals surface area (Å²) in [6.45, 7) is 3.17. The van der Waals surface area contributed by atoms with Gasteiger partial charge >= 0.3 is 0 Å². The van der Waals surface area contributed by atoms with Gasteiger partial charge in [0.1, 0.15) is 0 Å². The molecule has 0 aromatic heterocycles. The summed E-state index contributed by atoms with van der Waals surface area (Å²) in [5.74, 6) is -0.0417. The van der Waals surface area contributed by atoms with Gasteiger partial charge in [0.15, 0.2) is 0 Å². The lowest BCUT2D eigenvalue weighted by atomic mass is 10.0. The first-order valence-corrected chi connectivity index (χ1v) is 7.48. The van der Waals surface area contributed by atoms with Crippen molar-refractivity contribution >= 4 is 5.91 Å². The van der Waals surface area contributed by atoms with Crippen LogP contribution in [-0.4, -0.2) is 59.9 Å². The number of carbonyl (C=O) groups excluding carboxylic acids is 1. The van der Waals surface area contributed by atoms with E-state index in [-0.39, 0.29) is 38.3 Å². The molecule has 118 valence electrons. The lowest BCUT2D eigenvalue weighted by Gasteiger charge is -2.24. The number of aliphatic hydroxyl groups is 2. The molecule has 0 aliphatic heterocycles. The van der Waals surface area contributed by atoms with E-state index in [0.29, 0.717) is 6.42 Å². The minimum atomic E-state index is -0.0870. The number of carbonyl (C=O) groups is 1. The highest BCUT2D eigenvalue weighted by Crippen LogP contribution is 2.08. The normalized spacial score (nSPS) is 12.1. The third-order valence-corrected chi connectivity index (χ3v) is 3.33. The Kier molecular flexibility index (Phi) is 8.66. The topological polar surface area (TPSA) is 72.8 Å². The summed E-state index contributed by atoms with van der Waals surface area (Å²) >= 11 is 0. The van der Waals surface area contributed by atoms with Crippen molar-refractivity contribution in [3.63, 3.8) is 0 Å². The van der Waals surface area contributed by atoms with Crippen LogP contribution >= 0.6 is 0 Å². The highest BCUT2D eigenvalue weighted by Gasteiger charge is 2.18. The maximum atomic E-state index is 12.3. The zero-order valence-corrected chi connectivity index (χ0v) is 12.7. The summed E-state index contributed by atoms with van der Waals surface area (Å²) in [5.41, 5.74) is 1.19. The van der Waals surface area contributed by atoms with Crippen LogP contribution in [0, 0.1) is 0 Å². The Hall–Kier alpha value is -1.43. The predicted octanol–water partition coefficient (Wildman–Crippen LogP) is 0.411. The standard InChI is InChI=1S/C16H26N2O3/c1-2-17-15(12-14-6-4-3-5-7-14)13-16(21)18(8-10-19)9-11-20/h3-7,15,17,19-20H,2,8-13H2,1H3. The van der Waals surface area contributed by atoms with E-state index >= 15 is 0 Å². The Labute approximate surface area is 126 Å². The van der Waals surface area contributed by atoms with E-state index in [9.17, 15) is 4.79 Å². The Balaban J connectivity index is 2.61. The zero-order valence-electron chi connectivity index (χ0n) is 12.7. The Morgan fingerprint density at radius 3 is 2.33 bits per heavy atom. The van der Waals surface area contributed by atoms with Crippen molar-refractivity contribution < 1.29 is 15.0 Å². The summed E-state index contributed by atoms with van der Waals surface area (Å²) in [6, 6.07) is 10.1. The van der Waals surface area contributed by atoms with E-state index in [1.807, 2.05) is 37.3 Å². The van der Waals surface area contributed by atoms with Crippen LogP contribution in [0.4, 0.5) is 0 Å². The van der Waals surface area contributed by atoms with Crippen molar-refractivity contribution in [2.24, 2.45) is 0 Å². The smallest absolute Gasteiger partial charge is 0.224 e. The van der Waals surface area contributed by atoms with Crippen LogP contribution < -0.4 is 5.32 Å². The molecule has 1 unspecified atom stereocenters. The first-order valence-electron chi connectivity index (χ1n) is 7.48. The van der Waals surface area contributed by atoms with Crippen LogP contribution in [0.5, 0.6) is 0 Å². The molecule has 21 heavy (non-hydrogen) atoms. The lowest BCUT2D eigenvalue weighted by molar-refractivity contribution is -0.132. The summed E-state index contributed by atoms with van der Waals surface area (Å²) in [6.07, 6.45) is 1.15. The van der Waals surface area contributed by atoms with Gasteiger partial charge < -0.3 is 20.4 Å². The Bertz CT molecular complexity index is 392. The largest absolute Gasteiger partial charge is 0.395 e. The van der Waals surface area contributed by atoms with Crippen LogP contribution in [0.15, 0.2) is 30.3 Å². The van der Waals surface area contributed by atoms with Gasteiger partial charge in [0, 0.05) is 25.6 Å². The second-order valence-corrected chi connectivity index (χ2v) is 4.98. The highest BCUT2D eigenvalue weighted by molar-refractivity contribution is 5.76. The molecular weight excluding hydrogens is 268 g/mol. The third kappa shape index (κ3) is 6.71. The molecule has 1 aromatic rings. The van der Waals surface area contributed by atoms with Gasteiger partial charge in [-0.25, -0.2) is 0 Å². The van der Waals surface area contributed by atoms with Crippen LogP contribution in [-0.2, 0) is 11.2 Å². The number of likely N-dealkylation sites (N-methyl/N-ethyl adjacent to an activating group) is 1. The number of nitrogens with one attached hydrogen (secondary N) is 1. The molecule has 0 bridgehead atoms. The van der Waals surface area contributed by atoms with E-state index in [0.717, 1.165) is 13.0 Å². The van der Waals surface area contributed by atoms with Gasteiger partial charge in [0.05, 0.1) is 13.2 Å². The molecule has 3 N–H and O–H groups in total. The van der Waals surface area contributed by atoms with E-state index < -0.39 is 0 Å². The van der Waals surface area contributed by atoms with Gasteiger partial charge in [-0.3, -0.25) is 4.79 Å². The zero-order chi connectivity index (χ0) is 15.5. The van der Waals surface area contributed by atoms with Crippen molar-refractivity contribution in [3.8, 4) is 0 Å². The number of rotatable bonds is 10. The second kappa shape index (κ2) is 10.3. The van der Waals surface area contributed by atoms with E-state index in [2.05, 4.69) is 5.32 Å². The van der Waals surface area contributed by atoms with Crippen molar-refractivity contribution in [2.45, 2.75) is 25.8 Å². The summed E-state index contributed by atoms with van der Waals surface area (Å²) in [7, 11) is 0. The van der Waals surface area contributed by atoms with Gasteiger partial charge in [0.25, 0.3) is 0 Å². The van der Waals surface area contributed by atoms with Crippen LogP contribution in [0.25, 0.3) is 0 Å². The molecule has 5 nitrogen and oxygen atoms in total. The maximum Gasteiger partial charge on any atom is 0.224 e. The first kappa shape index (κ1) is 17.6. The summed E-state index contributed by atoms with van der Waals surface area (Å²) in [4.78, 5) is 13.8. The van der Waals surface area contributed by atoms with Gasteiger partial charge in [-0.15, -0.1) is 0 Å². The van der Waals surface area contributed by atoms with Crippen LogP contribution in [0.1, 0.15) is 18.9 Å². The Morgan fingerprint density at radius 1 is 1.19 bits per heavy atom. The molecule has 0 aliphatic carbocycles. The summed E-state index contributed by atoms with van der Waals surface area (Å²) in [5, 5.41) is 21.3.